The smallest absolute Gasteiger partial charge is 0.251 e. The van der Waals surface area contributed by atoms with Crippen LogP contribution >= 0.6 is 28.3 Å². The Balaban J connectivity index is 0.00000208. The van der Waals surface area contributed by atoms with Crippen molar-refractivity contribution in [2.45, 2.75) is 32.7 Å². The molecule has 1 fully saturated rings. The number of piperidine rings is 1. The van der Waals surface area contributed by atoms with E-state index in [1.165, 1.54) is 0 Å². The molecule has 3 rings (SSSR count). The monoisotopic (exact) mass is 412 g/mol. The molecule has 1 aromatic heterocycles. The van der Waals surface area contributed by atoms with E-state index in [1.54, 1.807) is 0 Å². The summed E-state index contributed by atoms with van der Waals surface area (Å²) in [6, 6.07) is 7.86. The van der Waals surface area contributed by atoms with Gasteiger partial charge in [-0.05, 0) is 80.0 Å². The van der Waals surface area contributed by atoms with Gasteiger partial charge in [-0.15, -0.1) is 12.4 Å². The lowest BCUT2D eigenvalue weighted by molar-refractivity contribution is 0.0929. The van der Waals surface area contributed by atoms with Gasteiger partial charge in [-0.2, -0.15) is 5.10 Å². The molecule has 7 heteroatoms. The van der Waals surface area contributed by atoms with E-state index in [4.69, 9.17) is 0 Å². The molecule has 0 spiro atoms. The highest BCUT2D eigenvalue weighted by molar-refractivity contribution is 9.10. The van der Waals surface area contributed by atoms with E-state index >= 15 is 0 Å². The maximum absolute atomic E-state index is 12.3. The van der Waals surface area contributed by atoms with Crippen molar-refractivity contribution in [2.75, 3.05) is 13.1 Å². The van der Waals surface area contributed by atoms with Crippen molar-refractivity contribution in [1.82, 2.24) is 20.4 Å². The van der Waals surface area contributed by atoms with Gasteiger partial charge in [0.25, 0.3) is 5.91 Å². The average Bonchev–Trinajstić information content (AvgIpc) is 2.83. The van der Waals surface area contributed by atoms with Crippen molar-refractivity contribution in [3.63, 3.8) is 0 Å². The quantitative estimate of drug-likeness (QED) is 0.812. The second-order valence-electron chi connectivity index (χ2n) is 5.94. The summed E-state index contributed by atoms with van der Waals surface area (Å²) in [6.07, 6.45) is 1.98. The molecule has 1 aromatic carbocycles. The topological polar surface area (TPSA) is 59.0 Å². The van der Waals surface area contributed by atoms with Crippen molar-refractivity contribution in [1.29, 1.82) is 0 Å². The Morgan fingerprint density at radius 2 is 1.88 bits per heavy atom. The summed E-state index contributed by atoms with van der Waals surface area (Å²) in [6.45, 7) is 5.92. The van der Waals surface area contributed by atoms with E-state index in [1.807, 2.05) is 42.8 Å². The van der Waals surface area contributed by atoms with Crippen LogP contribution in [0.25, 0.3) is 5.69 Å². The van der Waals surface area contributed by atoms with Gasteiger partial charge in [0.05, 0.1) is 21.5 Å². The summed E-state index contributed by atoms with van der Waals surface area (Å²) < 4.78 is 2.90. The fourth-order valence-corrected chi connectivity index (χ4v) is 3.11. The summed E-state index contributed by atoms with van der Waals surface area (Å²) in [5.74, 6) is -0.00185. The molecule has 0 saturated carbocycles. The number of aryl methyl sites for hydroxylation is 1. The number of nitrogens with zero attached hydrogens (tertiary/aromatic N) is 2. The number of aromatic nitrogens is 2. The van der Waals surface area contributed by atoms with Crippen LogP contribution in [0.15, 0.2) is 28.7 Å². The van der Waals surface area contributed by atoms with Gasteiger partial charge in [0.1, 0.15) is 0 Å². The molecule has 1 saturated heterocycles. The second-order valence-corrected chi connectivity index (χ2v) is 6.73. The Kier molecular flexibility index (Phi) is 6.43. The molecular formula is C17H22BrClN4O. The minimum atomic E-state index is -0.00185. The van der Waals surface area contributed by atoms with Gasteiger partial charge in [-0.3, -0.25) is 4.79 Å². The van der Waals surface area contributed by atoms with E-state index < -0.39 is 0 Å². The van der Waals surface area contributed by atoms with Gasteiger partial charge < -0.3 is 10.6 Å². The number of amides is 1. The van der Waals surface area contributed by atoms with Gasteiger partial charge in [0.2, 0.25) is 0 Å². The van der Waals surface area contributed by atoms with Crippen LogP contribution in [-0.2, 0) is 0 Å². The van der Waals surface area contributed by atoms with Crippen LogP contribution in [0.2, 0.25) is 0 Å². The normalized spacial score (nSPS) is 15.0. The van der Waals surface area contributed by atoms with E-state index in [0.29, 0.717) is 5.56 Å². The molecule has 0 unspecified atom stereocenters. The molecule has 0 radical (unpaired) electrons. The maximum atomic E-state index is 12.3. The number of carbonyl (C=O) groups excluding carboxylic acids is 1. The molecule has 2 aromatic rings. The molecule has 130 valence electrons. The zero-order valence-corrected chi connectivity index (χ0v) is 16.2. The minimum absolute atomic E-state index is 0. The lowest BCUT2D eigenvalue weighted by Gasteiger charge is -2.23. The standard InChI is InChI=1S/C17H21BrN4O.ClH/c1-11-16(18)12(2)22(21-11)15-5-3-13(4-6-15)17(23)20-14-7-9-19-10-8-14;/h3-6,14,19H,7-10H2,1-2H3,(H,20,23);1H. The van der Waals surface area contributed by atoms with Crippen LogP contribution in [0.3, 0.4) is 0 Å². The average molecular weight is 414 g/mol. The van der Waals surface area contributed by atoms with Crippen molar-refractivity contribution < 1.29 is 4.79 Å². The molecule has 0 atom stereocenters. The van der Waals surface area contributed by atoms with Crippen LogP contribution < -0.4 is 10.6 Å². The first-order valence-electron chi connectivity index (χ1n) is 7.90. The lowest BCUT2D eigenvalue weighted by atomic mass is 10.1. The van der Waals surface area contributed by atoms with E-state index in [9.17, 15) is 4.79 Å². The third-order valence-electron chi connectivity index (χ3n) is 4.25. The first kappa shape index (κ1) is 19.0. The van der Waals surface area contributed by atoms with E-state index in [-0.39, 0.29) is 24.4 Å². The summed E-state index contributed by atoms with van der Waals surface area (Å²) in [5.41, 5.74) is 3.65. The number of nitrogens with one attached hydrogen (secondary N) is 2. The van der Waals surface area contributed by atoms with Crippen molar-refractivity contribution in [2.24, 2.45) is 0 Å². The third kappa shape index (κ3) is 3.99. The molecule has 0 bridgehead atoms. The minimum Gasteiger partial charge on any atom is -0.349 e. The predicted molar refractivity (Wildman–Crippen MR) is 101 cm³/mol. The van der Waals surface area contributed by atoms with E-state index in [2.05, 4.69) is 31.7 Å². The van der Waals surface area contributed by atoms with Gasteiger partial charge in [-0.1, -0.05) is 0 Å². The summed E-state index contributed by atoms with van der Waals surface area (Å²) in [5, 5.41) is 10.9. The third-order valence-corrected chi connectivity index (χ3v) is 5.40. The summed E-state index contributed by atoms with van der Waals surface area (Å²) >= 11 is 3.54. The Morgan fingerprint density at radius 3 is 2.42 bits per heavy atom. The van der Waals surface area contributed by atoms with Crippen molar-refractivity contribution in [3.8, 4) is 5.69 Å². The van der Waals surface area contributed by atoms with Gasteiger partial charge >= 0.3 is 0 Å². The molecule has 1 amide bonds. The molecular weight excluding hydrogens is 392 g/mol. The lowest BCUT2D eigenvalue weighted by Crippen LogP contribution is -2.42. The van der Waals surface area contributed by atoms with Gasteiger partial charge in [-0.25, -0.2) is 4.68 Å². The molecule has 2 heterocycles. The highest BCUT2D eigenvalue weighted by Crippen LogP contribution is 2.23. The number of rotatable bonds is 3. The van der Waals surface area contributed by atoms with Crippen LogP contribution in [0.1, 0.15) is 34.6 Å². The number of halogens is 2. The second kappa shape index (κ2) is 8.14. The van der Waals surface area contributed by atoms with Crippen LogP contribution in [0, 0.1) is 13.8 Å². The van der Waals surface area contributed by atoms with Crippen molar-refractivity contribution >= 4 is 34.2 Å². The van der Waals surface area contributed by atoms with Crippen molar-refractivity contribution in [3.05, 3.63) is 45.7 Å². The summed E-state index contributed by atoms with van der Waals surface area (Å²) in [4.78, 5) is 12.3. The molecule has 0 aliphatic carbocycles. The molecule has 2 N–H and O–H groups in total. The maximum Gasteiger partial charge on any atom is 0.251 e. The van der Waals surface area contributed by atoms with Gasteiger partial charge in [0.15, 0.2) is 0 Å². The zero-order valence-electron chi connectivity index (χ0n) is 13.8. The highest BCUT2D eigenvalue weighted by Gasteiger charge is 2.16. The first-order chi connectivity index (χ1) is 11.1. The Hall–Kier alpha value is -1.37. The number of benzene rings is 1. The molecule has 1 aliphatic rings. The number of carbonyl (C=O) groups is 1. The largest absolute Gasteiger partial charge is 0.349 e. The first-order valence-corrected chi connectivity index (χ1v) is 8.69. The van der Waals surface area contributed by atoms with Crippen LogP contribution in [0.4, 0.5) is 0 Å². The Labute approximate surface area is 156 Å². The fraction of sp³-hybridized carbons (Fsp3) is 0.412. The predicted octanol–water partition coefficient (Wildman–Crippen LogP) is 3.16. The molecule has 24 heavy (non-hydrogen) atoms. The zero-order chi connectivity index (χ0) is 16.4. The van der Waals surface area contributed by atoms with Gasteiger partial charge in [0, 0.05) is 11.6 Å². The SMILES string of the molecule is Cc1nn(-c2ccc(C(=O)NC3CCNCC3)cc2)c(C)c1Br.Cl. The number of hydrogen-bond donors (Lipinski definition) is 2. The molecule has 1 aliphatic heterocycles. The van der Waals surface area contributed by atoms with E-state index in [0.717, 1.165) is 47.5 Å². The number of hydrogen-bond acceptors (Lipinski definition) is 3. The molecule has 5 nitrogen and oxygen atoms in total. The van der Waals surface area contributed by atoms with Crippen LogP contribution in [0.5, 0.6) is 0 Å². The highest BCUT2D eigenvalue weighted by atomic mass is 79.9. The van der Waals surface area contributed by atoms with Crippen LogP contribution in [-0.4, -0.2) is 34.8 Å². The Morgan fingerprint density at radius 1 is 1.25 bits per heavy atom. The Bertz CT molecular complexity index is 708. The summed E-state index contributed by atoms with van der Waals surface area (Å²) in [7, 11) is 0. The fourth-order valence-electron chi connectivity index (χ4n) is 2.86.